The Morgan fingerprint density at radius 1 is 1.00 bits per heavy atom. The second-order valence-electron chi connectivity index (χ2n) is 3.16. The largest absolute Gasteiger partial charge is 0.296 e. The molecule has 0 amide bonds. The molecule has 2 rings (SSSR count). The standard InChI is InChI=1S/C12H7F2NO/c13-9-4-2-5-10(14)12(9)11-6-1-3-8(7-16)15-11/h1-7H. The molecule has 0 saturated heterocycles. The summed E-state index contributed by atoms with van der Waals surface area (Å²) in [7, 11) is 0. The van der Waals surface area contributed by atoms with Crippen LogP contribution >= 0.6 is 0 Å². The van der Waals surface area contributed by atoms with Crippen LogP contribution in [0, 0.1) is 11.6 Å². The summed E-state index contributed by atoms with van der Waals surface area (Å²) in [5.74, 6) is -1.40. The second-order valence-corrected chi connectivity index (χ2v) is 3.16. The lowest BCUT2D eigenvalue weighted by atomic mass is 10.1. The number of carbonyl (C=O) groups excluding carboxylic acids is 1. The van der Waals surface area contributed by atoms with Crippen molar-refractivity contribution in [2.45, 2.75) is 0 Å². The summed E-state index contributed by atoms with van der Waals surface area (Å²) in [5.41, 5.74) is 0.0338. The van der Waals surface area contributed by atoms with Crippen molar-refractivity contribution in [3.8, 4) is 11.3 Å². The van der Waals surface area contributed by atoms with Crippen molar-refractivity contribution in [2.24, 2.45) is 0 Å². The van der Waals surface area contributed by atoms with E-state index < -0.39 is 11.6 Å². The molecule has 0 bridgehead atoms. The van der Waals surface area contributed by atoms with E-state index in [2.05, 4.69) is 4.98 Å². The summed E-state index contributed by atoms with van der Waals surface area (Å²) < 4.78 is 26.8. The zero-order valence-corrected chi connectivity index (χ0v) is 8.15. The topological polar surface area (TPSA) is 30.0 Å². The van der Waals surface area contributed by atoms with E-state index >= 15 is 0 Å². The number of hydrogen-bond donors (Lipinski definition) is 0. The van der Waals surface area contributed by atoms with Gasteiger partial charge in [0.2, 0.25) is 0 Å². The van der Waals surface area contributed by atoms with Crippen LogP contribution in [0.2, 0.25) is 0 Å². The van der Waals surface area contributed by atoms with Crippen molar-refractivity contribution in [1.29, 1.82) is 0 Å². The highest BCUT2D eigenvalue weighted by atomic mass is 19.1. The molecule has 16 heavy (non-hydrogen) atoms. The molecule has 2 nitrogen and oxygen atoms in total. The minimum atomic E-state index is -0.699. The van der Waals surface area contributed by atoms with Gasteiger partial charge in [-0.25, -0.2) is 13.8 Å². The maximum absolute atomic E-state index is 13.4. The molecule has 2 aromatic rings. The number of aromatic nitrogens is 1. The Morgan fingerprint density at radius 3 is 2.25 bits per heavy atom. The molecule has 0 atom stereocenters. The normalized spacial score (nSPS) is 10.1. The Kier molecular flexibility index (Phi) is 2.72. The van der Waals surface area contributed by atoms with Crippen LogP contribution in [0.25, 0.3) is 11.3 Å². The third-order valence-corrected chi connectivity index (χ3v) is 2.11. The van der Waals surface area contributed by atoms with E-state index in [0.717, 1.165) is 12.1 Å². The van der Waals surface area contributed by atoms with Crippen molar-refractivity contribution < 1.29 is 13.6 Å². The third kappa shape index (κ3) is 1.82. The van der Waals surface area contributed by atoms with E-state index in [1.54, 1.807) is 0 Å². The summed E-state index contributed by atoms with van der Waals surface area (Å²) in [6.45, 7) is 0. The molecule has 0 N–H and O–H groups in total. The molecule has 0 spiro atoms. The van der Waals surface area contributed by atoms with E-state index in [9.17, 15) is 13.6 Å². The first-order valence-corrected chi connectivity index (χ1v) is 4.59. The second kappa shape index (κ2) is 4.18. The first kappa shape index (κ1) is 10.4. The molecule has 0 aliphatic heterocycles. The molecule has 80 valence electrons. The van der Waals surface area contributed by atoms with Crippen molar-refractivity contribution in [1.82, 2.24) is 4.98 Å². The minimum Gasteiger partial charge on any atom is -0.296 e. The van der Waals surface area contributed by atoms with E-state index in [1.807, 2.05) is 0 Å². The first-order chi connectivity index (χ1) is 7.72. The molecule has 0 aliphatic carbocycles. The van der Waals surface area contributed by atoms with Crippen molar-refractivity contribution in [3.05, 3.63) is 53.7 Å². The Morgan fingerprint density at radius 2 is 1.62 bits per heavy atom. The Balaban J connectivity index is 2.62. The van der Waals surface area contributed by atoms with Gasteiger partial charge in [-0.3, -0.25) is 4.79 Å². The van der Waals surface area contributed by atoms with Crippen molar-refractivity contribution >= 4 is 6.29 Å². The average Bonchev–Trinajstić information content (AvgIpc) is 2.29. The minimum absolute atomic E-state index is 0.111. The molecule has 0 fully saturated rings. The number of halogens is 2. The number of hydrogen-bond acceptors (Lipinski definition) is 2. The maximum atomic E-state index is 13.4. The molecule has 4 heteroatoms. The monoisotopic (exact) mass is 219 g/mol. The molecule has 0 aliphatic rings. The predicted molar refractivity (Wildman–Crippen MR) is 55.0 cm³/mol. The summed E-state index contributed by atoms with van der Waals surface area (Å²) >= 11 is 0. The lowest BCUT2D eigenvalue weighted by molar-refractivity contribution is 0.111. The van der Waals surface area contributed by atoms with E-state index in [1.165, 1.54) is 24.3 Å². The van der Waals surface area contributed by atoms with Crippen LogP contribution in [-0.2, 0) is 0 Å². The van der Waals surface area contributed by atoms with Crippen LogP contribution in [0.3, 0.4) is 0 Å². The number of aldehydes is 1. The van der Waals surface area contributed by atoms with E-state index in [4.69, 9.17) is 0 Å². The fraction of sp³-hybridized carbons (Fsp3) is 0. The van der Waals surface area contributed by atoms with Gasteiger partial charge in [-0.15, -0.1) is 0 Å². The SMILES string of the molecule is O=Cc1cccc(-c2c(F)cccc2F)n1. The van der Waals surface area contributed by atoms with Gasteiger partial charge in [0.15, 0.2) is 6.29 Å². The van der Waals surface area contributed by atoms with Gasteiger partial charge in [0.05, 0.1) is 11.3 Å². The zero-order chi connectivity index (χ0) is 11.5. The summed E-state index contributed by atoms with van der Waals surface area (Å²) in [6, 6.07) is 8.01. The van der Waals surface area contributed by atoms with Gasteiger partial charge in [0, 0.05) is 0 Å². The number of rotatable bonds is 2. The fourth-order valence-corrected chi connectivity index (χ4v) is 1.40. The Bertz CT molecular complexity index is 520. The van der Waals surface area contributed by atoms with Gasteiger partial charge < -0.3 is 0 Å². The van der Waals surface area contributed by atoms with Crippen LogP contribution in [-0.4, -0.2) is 11.3 Å². The van der Waals surface area contributed by atoms with Gasteiger partial charge in [-0.2, -0.15) is 0 Å². The van der Waals surface area contributed by atoms with Crippen molar-refractivity contribution in [3.63, 3.8) is 0 Å². The lowest BCUT2D eigenvalue weighted by Gasteiger charge is -2.04. The zero-order valence-electron chi connectivity index (χ0n) is 8.15. The Labute approximate surface area is 90.6 Å². The number of carbonyl (C=O) groups is 1. The van der Waals surface area contributed by atoms with Crippen LogP contribution in [0.15, 0.2) is 36.4 Å². The Hall–Kier alpha value is -2.10. The number of benzene rings is 1. The molecular formula is C12H7F2NO. The highest BCUT2D eigenvalue weighted by molar-refractivity contribution is 5.74. The van der Waals surface area contributed by atoms with Crippen LogP contribution in [0.4, 0.5) is 8.78 Å². The highest BCUT2D eigenvalue weighted by Crippen LogP contribution is 2.23. The average molecular weight is 219 g/mol. The lowest BCUT2D eigenvalue weighted by Crippen LogP contribution is -1.94. The van der Waals surface area contributed by atoms with E-state index in [0.29, 0.717) is 6.29 Å². The fourth-order valence-electron chi connectivity index (χ4n) is 1.40. The van der Waals surface area contributed by atoms with Gasteiger partial charge in [-0.1, -0.05) is 12.1 Å². The molecule has 1 aromatic heterocycles. The maximum Gasteiger partial charge on any atom is 0.168 e. The number of pyridine rings is 1. The molecule has 1 heterocycles. The number of nitrogens with zero attached hydrogens (tertiary/aromatic N) is 1. The molecule has 0 radical (unpaired) electrons. The van der Waals surface area contributed by atoms with Gasteiger partial charge in [0.25, 0.3) is 0 Å². The van der Waals surface area contributed by atoms with E-state index in [-0.39, 0.29) is 17.0 Å². The van der Waals surface area contributed by atoms with Crippen LogP contribution < -0.4 is 0 Å². The van der Waals surface area contributed by atoms with Crippen LogP contribution in [0.5, 0.6) is 0 Å². The predicted octanol–water partition coefficient (Wildman–Crippen LogP) is 2.84. The van der Waals surface area contributed by atoms with Crippen LogP contribution in [0.1, 0.15) is 10.5 Å². The quantitative estimate of drug-likeness (QED) is 0.727. The molecule has 1 aromatic carbocycles. The summed E-state index contributed by atoms with van der Waals surface area (Å²) in [6.07, 6.45) is 0.530. The van der Waals surface area contributed by atoms with Gasteiger partial charge >= 0.3 is 0 Å². The van der Waals surface area contributed by atoms with Gasteiger partial charge in [-0.05, 0) is 24.3 Å². The van der Waals surface area contributed by atoms with Gasteiger partial charge in [0.1, 0.15) is 17.3 Å². The van der Waals surface area contributed by atoms with Crippen molar-refractivity contribution in [2.75, 3.05) is 0 Å². The molecular weight excluding hydrogens is 212 g/mol. The molecule has 0 saturated carbocycles. The summed E-state index contributed by atoms with van der Waals surface area (Å²) in [5, 5.41) is 0. The first-order valence-electron chi connectivity index (χ1n) is 4.59. The smallest absolute Gasteiger partial charge is 0.168 e. The summed E-state index contributed by atoms with van der Waals surface area (Å²) in [4.78, 5) is 14.3. The highest BCUT2D eigenvalue weighted by Gasteiger charge is 2.12. The molecule has 0 unspecified atom stereocenters. The third-order valence-electron chi connectivity index (χ3n) is 2.11.